The fraction of sp³-hybridized carbons (Fsp3) is 0.222. The largest absolute Gasteiger partial charge is 0.497 e. The van der Waals surface area contributed by atoms with Crippen LogP contribution >= 0.6 is 0 Å². The monoisotopic (exact) mass is 444 g/mol. The number of rotatable bonds is 4. The van der Waals surface area contributed by atoms with Crippen molar-refractivity contribution < 1.29 is 18.7 Å². The molecule has 5 rings (SSSR count). The first kappa shape index (κ1) is 21.1. The molecule has 2 N–H and O–H groups in total. The number of ketones is 1. The van der Waals surface area contributed by atoms with E-state index >= 15 is 0 Å². The van der Waals surface area contributed by atoms with Crippen LogP contribution in [0.1, 0.15) is 35.9 Å². The summed E-state index contributed by atoms with van der Waals surface area (Å²) in [5, 5.41) is 6.89. The number of allylic oxidation sites excluding steroid dienone is 1. The summed E-state index contributed by atoms with van der Waals surface area (Å²) in [7, 11) is 3.24. The van der Waals surface area contributed by atoms with Gasteiger partial charge in [0.15, 0.2) is 5.78 Å². The standard InChI is InChI=1S/C27H25FN2O3/c1-32-17-11-12-25(33-2)19(15-17)16-13-23-26(24(31)14-16)27(18-7-3-4-8-20(18)28)30-22-10-6-5-9-21(22)29-23/h3-12,15-16,27,29-30H,13-14H2,1-2H3. The van der Waals surface area contributed by atoms with E-state index in [0.717, 1.165) is 28.4 Å². The molecule has 2 unspecified atom stereocenters. The van der Waals surface area contributed by atoms with Crippen molar-refractivity contribution in [3.8, 4) is 11.5 Å². The first-order valence-electron chi connectivity index (χ1n) is 10.9. The first-order chi connectivity index (χ1) is 16.1. The maximum atomic E-state index is 14.9. The molecule has 168 valence electrons. The Morgan fingerprint density at radius 2 is 1.64 bits per heavy atom. The average Bonchev–Trinajstić information content (AvgIpc) is 3.00. The zero-order valence-corrected chi connectivity index (χ0v) is 18.5. The Bertz CT molecular complexity index is 1250. The lowest BCUT2D eigenvalue weighted by Gasteiger charge is -2.30. The van der Waals surface area contributed by atoms with E-state index < -0.39 is 6.04 Å². The van der Waals surface area contributed by atoms with E-state index in [4.69, 9.17) is 9.47 Å². The topological polar surface area (TPSA) is 59.6 Å². The zero-order valence-electron chi connectivity index (χ0n) is 18.5. The van der Waals surface area contributed by atoms with Crippen LogP contribution in [0.25, 0.3) is 0 Å². The minimum atomic E-state index is -0.585. The van der Waals surface area contributed by atoms with Crippen LogP contribution in [0.3, 0.4) is 0 Å². The van der Waals surface area contributed by atoms with Crippen LogP contribution in [0.15, 0.2) is 78.0 Å². The number of Topliss-reactive ketones (excluding diaryl/α,β-unsaturated/α-hetero) is 1. The number of methoxy groups -OCH3 is 2. The number of halogens is 1. The summed E-state index contributed by atoms with van der Waals surface area (Å²) in [5.74, 6) is 0.969. The van der Waals surface area contributed by atoms with Crippen LogP contribution in [0.5, 0.6) is 11.5 Å². The second-order valence-electron chi connectivity index (χ2n) is 8.30. The van der Waals surface area contributed by atoms with Crippen molar-refractivity contribution in [1.29, 1.82) is 0 Å². The number of nitrogens with one attached hydrogen (secondary N) is 2. The molecule has 5 nitrogen and oxygen atoms in total. The summed E-state index contributed by atoms with van der Waals surface area (Å²) in [6, 6.07) is 19.4. The highest BCUT2D eigenvalue weighted by Gasteiger charge is 2.37. The highest BCUT2D eigenvalue weighted by atomic mass is 19.1. The summed E-state index contributed by atoms with van der Waals surface area (Å²) in [6.07, 6.45) is 0.887. The second-order valence-corrected chi connectivity index (χ2v) is 8.30. The highest BCUT2D eigenvalue weighted by Crippen LogP contribution is 2.46. The van der Waals surface area contributed by atoms with Crippen molar-refractivity contribution in [3.05, 3.63) is 94.9 Å². The van der Waals surface area contributed by atoms with E-state index in [1.807, 2.05) is 42.5 Å². The summed E-state index contributed by atoms with van der Waals surface area (Å²) < 4.78 is 25.9. The Balaban J connectivity index is 1.63. The van der Waals surface area contributed by atoms with Crippen LogP contribution in [0.2, 0.25) is 0 Å². The molecular weight excluding hydrogens is 419 g/mol. The number of benzene rings is 3. The number of fused-ring (bicyclic) bond motifs is 1. The molecular formula is C27H25FN2O3. The summed E-state index contributed by atoms with van der Waals surface area (Å²) in [4.78, 5) is 13.6. The summed E-state index contributed by atoms with van der Waals surface area (Å²) in [6.45, 7) is 0. The molecule has 2 aliphatic rings. The molecule has 2 atom stereocenters. The van der Waals surface area contributed by atoms with Gasteiger partial charge in [-0.25, -0.2) is 4.39 Å². The number of ether oxygens (including phenoxy) is 2. The Kier molecular flexibility index (Phi) is 5.50. The quantitative estimate of drug-likeness (QED) is 0.531. The molecule has 3 aromatic carbocycles. The summed E-state index contributed by atoms with van der Waals surface area (Å²) >= 11 is 0. The molecule has 0 radical (unpaired) electrons. The van der Waals surface area contributed by atoms with Gasteiger partial charge in [0.1, 0.15) is 17.3 Å². The molecule has 0 aromatic heterocycles. The third-order valence-corrected chi connectivity index (χ3v) is 6.40. The number of carbonyl (C=O) groups excluding carboxylic acids is 1. The molecule has 3 aromatic rings. The lowest BCUT2D eigenvalue weighted by atomic mass is 9.78. The van der Waals surface area contributed by atoms with Gasteiger partial charge in [-0.1, -0.05) is 30.3 Å². The maximum Gasteiger partial charge on any atom is 0.163 e. The van der Waals surface area contributed by atoms with Crippen LogP contribution in [0, 0.1) is 5.82 Å². The number of hydrogen-bond acceptors (Lipinski definition) is 5. The van der Waals surface area contributed by atoms with Crippen molar-refractivity contribution in [2.75, 3.05) is 24.9 Å². The number of hydrogen-bond donors (Lipinski definition) is 2. The molecule has 0 spiro atoms. The molecule has 1 aliphatic heterocycles. The van der Waals surface area contributed by atoms with E-state index in [1.54, 1.807) is 32.4 Å². The van der Waals surface area contributed by atoms with E-state index in [-0.39, 0.29) is 17.5 Å². The van der Waals surface area contributed by atoms with E-state index in [2.05, 4.69) is 10.6 Å². The molecule has 1 heterocycles. The Morgan fingerprint density at radius 3 is 2.39 bits per heavy atom. The first-order valence-corrected chi connectivity index (χ1v) is 10.9. The van der Waals surface area contributed by atoms with Gasteiger partial charge in [-0.3, -0.25) is 4.79 Å². The van der Waals surface area contributed by atoms with Gasteiger partial charge in [0.05, 0.1) is 31.6 Å². The normalized spacial score (nSPS) is 19.5. The van der Waals surface area contributed by atoms with Crippen molar-refractivity contribution in [2.45, 2.75) is 24.8 Å². The fourth-order valence-electron chi connectivity index (χ4n) is 4.81. The van der Waals surface area contributed by atoms with Crippen LogP contribution in [0.4, 0.5) is 15.8 Å². The molecule has 0 saturated carbocycles. The van der Waals surface area contributed by atoms with Gasteiger partial charge in [0.25, 0.3) is 0 Å². The SMILES string of the molecule is COc1ccc(OC)c(C2CC(=O)C3=C(C2)Nc2ccccc2NC3c2ccccc2F)c1. The smallest absolute Gasteiger partial charge is 0.163 e. The molecule has 1 aliphatic carbocycles. The second kappa shape index (κ2) is 8.62. The molecule has 33 heavy (non-hydrogen) atoms. The number of carbonyl (C=O) groups is 1. The predicted molar refractivity (Wildman–Crippen MR) is 126 cm³/mol. The van der Waals surface area contributed by atoms with E-state index in [1.165, 1.54) is 6.07 Å². The zero-order chi connectivity index (χ0) is 22.9. The number of para-hydroxylation sites is 2. The van der Waals surface area contributed by atoms with Crippen LogP contribution < -0.4 is 20.1 Å². The van der Waals surface area contributed by atoms with Gasteiger partial charge in [0.2, 0.25) is 0 Å². The van der Waals surface area contributed by atoms with Crippen molar-refractivity contribution in [2.24, 2.45) is 0 Å². The molecule has 0 saturated heterocycles. The Morgan fingerprint density at radius 1 is 0.879 bits per heavy atom. The lowest BCUT2D eigenvalue weighted by Crippen LogP contribution is -2.27. The third-order valence-electron chi connectivity index (χ3n) is 6.40. The van der Waals surface area contributed by atoms with Gasteiger partial charge in [-0.05, 0) is 42.8 Å². The molecule has 6 heteroatoms. The van der Waals surface area contributed by atoms with Gasteiger partial charge in [-0.15, -0.1) is 0 Å². The predicted octanol–water partition coefficient (Wildman–Crippen LogP) is 5.82. The molecule has 0 bridgehead atoms. The minimum Gasteiger partial charge on any atom is -0.497 e. The van der Waals surface area contributed by atoms with Crippen molar-refractivity contribution in [1.82, 2.24) is 0 Å². The summed E-state index contributed by atoms with van der Waals surface area (Å²) in [5.41, 5.74) is 4.43. The maximum absolute atomic E-state index is 14.9. The fourth-order valence-corrected chi connectivity index (χ4v) is 4.81. The van der Waals surface area contributed by atoms with E-state index in [0.29, 0.717) is 29.7 Å². The molecule has 0 amide bonds. The van der Waals surface area contributed by atoms with Gasteiger partial charge >= 0.3 is 0 Å². The number of anilines is 2. The third kappa shape index (κ3) is 3.82. The van der Waals surface area contributed by atoms with Crippen LogP contribution in [-0.4, -0.2) is 20.0 Å². The lowest BCUT2D eigenvalue weighted by molar-refractivity contribution is -0.116. The van der Waals surface area contributed by atoms with Crippen LogP contribution in [-0.2, 0) is 4.79 Å². The minimum absolute atomic E-state index is 0.0211. The van der Waals surface area contributed by atoms with E-state index in [9.17, 15) is 9.18 Å². The van der Waals surface area contributed by atoms with Gasteiger partial charge < -0.3 is 20.1 Å². The average molecular weight is 445 g/mol. The van der Waals surface area contributed by atoms with Crippen molar-refractivity contribution in [3.63, 3.8) is 0 Å². The Hall–Kier alpha value is -3.80. The molecule has 0 fully saturated rings. The van der Waals surface area contributed by atoms with Crippen molar-refractivity contribution >= 4 is 17.2 Å². The van der Waals surface area contributed by atoms with Gasteiger partial charge in [-0.2, -0.15) is 0 Å². The Labute approximate surface area is 192 Å². The highest BCUT2D eigenvalue weighted by molar-refractivity contribution is 6.01. The van der Waals surface area contributed by atoms with Gasteiger partial charge in [0, 0.05) is 34.7 Å².